The molecule has 0 saturated heterocycles. The van der Waals surface area contributed by atoms with Crippen molar-refractivity contribution in [3.8, 4) is 0 Å². The first-order valence-corrected chi connectivity index (χ1v) is 6.67. The van der Waals surface area contributed by atoms with Gasteiger partial charge in [0, 0.05) is 19.1 Å². The summed E-state index contributed by atoms with van der Waals surface area (Å²) in [7, 11) is 1.85. The van der Waals surface area contributed by atoms with Gasteiger partial charge >= 0.3 is 0 Å². The molecule has 0 amide bonds. The van der Waals surface area contributed by atoms with Crippen LogP contribution in [0.25, 0.3) is 0 Å². The molecule has 2 N–H and O–H groups in total. The van der Waals surface area contributed by atoms with Crippen LogP contribution in [0.3, 0.4) is 0 Å². The monoisotopic (exact) mass is 225 g/mol. The molecule has 0 aromatic rings. The highest BCUT2D eigenvalue weighted by Gasteiger charge is 2.33. The normalized spacial score (nSPS) is 26.4. The Morgan fingerprint density at radius 3 is 2.62 bits per heavy atom. The van der Waals surface area contributed by atoms with Gasteiger partial charge < -0.3 is 10.6 Å². The van der Waals surface area contributed by atoms with Crippen molar-refractivity contribution in [2.75, 3.05) is 7.05 Å². The highest BCUT2D eigenvalue weighted by molar-refractivity contribution is 5.80. The number of aliphatic imine (C=N–C) groups is 1. The van der Waals surface area contributed by atoms with Gasteiger partial charge in [-0.2, -0.15) is 0 Å². The first-order valence-electron chi connectivity index (χ1n) is 6.67. The second-order valence-corrected chi connectivity index (χ2v) is 5.08. The summed E-state index contributed by atoms with van der Waals surface area (Å²) in [6, 6.07) is 1.17. The Bertz CT molecular complexity index is 225. The van der Waals surface area contributed by atoms with Crippen molar-refractivity contribution in [3.63, 3.8) is 0 Å². The molecule has 3 unspecified atom stereocenters. The summed E-state index contributed by atoms with van der Waals surface area (Å²) < 4.78 is 0. The molecule has 0 bridgehead atoms. The van der Waals surface area contributed by atoms with Crippen molar-refractivity contribution in [1.82, 2.24) is 10.6 Å². The summed E-state index contributed by atoms with van der Waals surface area (Å²) in [5.74, 6) is 1.78. The third-order valence-corrected chi connectivity index (χ3v) is 3.28. The number of nitrogens with zero attached hydrogens (tertiary/aromatic N) is 1. The zero-order valence-electron chi connectivity index (χ0n) is 11.2. The van der Waals surface area contributed by atoms with Crippen molar-refractivity contribution < 1.29 is 0 Å². The molecule has 0 aliphatic heterocycles. The number of rotatable bonds is 6. The van der Waals surface area contributed by atoms with E-state index in [2.05, 4.69) is 36.4 Å². The van der Waals surface area contributed by atoms with Gasteiger partial charge in [-0.25, -0.2) is 0 Å². The number of nitrogens with one attached hydrogen (secondary N) is 2. The highest BCUT2D eigenvalue weighted by Crippen LogP contribution is 2.28. The maximum Gasteiger partial charge on any atom is 0.191 e. The first kappa shape index (κ1) is 13.3. The molecule has 0 spiro atoms. The summed E-state index contributed by atoms with van der Waals surface area (Å²) in [5.41, 5.74) is 0. The summed E-state index contributed by atoms with van der Waals surface area (Å²) >= 11 is 0. The Morgan fingerprint density at radius 1 is 1.44 bits per heavy atom. The van der Waals surface area contributed by atoms with Crippen LogP contribution in [0.5, 0.6) is 0 Å². The minimum atomic E-state index is 0.520. The van der Waals surface area contributed by atoms with Gasteiger partial charge in [-0.3, -0.25) is 4.99 Å². The number of guanidine groups is 1. The van der Waals surface area contributed by atoms with Crippen LogP contribution in [0.2, 0.25) is 0 Å². The van der Waals surface area contributed by atoms with Crippen LogP contribution in [0, 0.1) is 5.92 Å². The molecule has 3 atom stereocenters. The lowest BCUT2D eigenvalue weighted by atomic mass is 10.1. The fourth-order valence-corrected chi connectivity index (χ4v) is 1.88. The smallest absolute Gasteiger partial charge is 0.191 e. The largest absolute Gasteiger partial charge is 0.354 e. The first-order chi connectivity index (χ1) is 7.67. The fraction of sp³-hybridized carbons (Fsp3) is 0.923. The Labute approximate surface area is 100 Å². The van der Waals surface area contributed by atoms with Crippen LogP contribution in [0.15, 0.2) is 4.99 Å². The molecule has 1 aliphatic rings. The molecule has 1 aliphatic carbocycles. The van der Waals surface area contributed by atoms with E-state index >= 15 is 0 Å². The average molecular weight is 225 g/mol. The molecule has 0 aromatic heterocycles. The number of hydrogen-bond donors (Lipinski definition) is 2. The van der Waals surface area contributed by atoms with Crippen molar-refractivity contribution >= 4 is 5.96 Å². The summed E-state index contributed by atoms with van der Waals surface area (Å²) in [6.07, 6.45) is 6.44. The van der Waals surface area contributed by atoms with E-state index in [4.69, 9.17) is 0 Å². The molecule has 0 heterocycles. The number of unbranched alkanes of at least 4 members (excludes halogenated alkanes) is 2. The van der Waals surface area contributed by atoms with E-state index in [1.807, 2.05) is 7.05 Å². The van der Waals surface area contributed by atoms with Crippen molar-refractivity contribution in [1.29, 1.82) is 0 Å². The molecular formula is C13H27N3. The second-order valence-electron chi connectivity index (χ2n) is 5.08. The Morgan fingerprint density at radius 2 is 2.12 bits per heavy atom. The van der Waals surface area contributed by atoms with Gasteiger partial charge in [0.2, 0.25) is 0 Å². The molecule has 16 heavy (non-hydrogen) atoms. The molecule has 0 radical (unpaired) electrons. The Hall–Kier alpha value is -0.730. The van der Waals surface area contributed by atoms with Gasteiger partial charge in [-0.15, -0.1) is 0 Å². The molecule has 1 fully saturated rings. The van der Waals surface area contributed by atoms with Crippen LogP contribution in [0.4, 0.5) is 0 Å². The maximum atomic E-state index is 4.27. The van der Waals surface area contributed by atoms with Gasteiger partial charge in [0.15, 0.2) is 5.96 Å². The Balaban J connectivity index is 2.16. The third kappa shape index (κ3) is 4.86. The molecule has 3 heteroatoms. The molecule has 94 valence electrons. The summed E-state index contributed by atoms with van der Waals surface area (Å²) in [5, 5.41) is 6.91. The minimum Gasteiger partial charge on any atom is -0.354 e. The van der Waals surface area contributed by atoms with Gasteiger partial charge in [0.25, 0.3) is 0 Å². The predicted molar refractivity (Wildman–Crippen MR) is 70.8 cm³/mol. The van der Waals surface area contributed by atoms with Gasteiger partial charge in [-0.1, -0.05) is 33.1 Å². The van der Waals surface area contributed by atoms with Gasteiger partial charge in [0.1, 0.15) is 0 Å². The second kappa shape index (κ2) is 6.77. The van der Waals surface area contributed by atoms with Crippen molar-refractivity contribution in [3.05, 3.63) is 0 Å². The average Bonchev–Trinajstić information content (AvgIpc) is 2.93. The lowest BCUT2D eigenvalue weighted by Crippen LogP contribution is -2.43. The van der Waals surface area contributed by atoms with Crippen LogP contribution >= 0.6 is 0 Å². The van der Waals surface area contributed by atoms with Crippen LogP contribution in [-0.4, -0.2) is 25.1 Å². The summed E-state index contributed by atoms with van der Waals surface area (Å²) in [4.78, 5) is 4.27. The quantitative estimate of drug-likeness (QED) is 0.414. The van der Waals surface area contributed by atoms with Crippen LogP contribution in [-0.2, 0) is 0 Å². The van der Waals surface area contributed by atoms with E-state index in [1.54, 1.807) is 0 Å². The predicted octanol–water partition coefficient (Wildman–Crippen LogP) is 2.53. The molecule has 0 aromatic carbocycles. The van der Waals surface area contributed by atoms with E-state index in [-0.39, 0.29) is 0 Å². The van der Waals surface area contributed by atoms with Gasteiger partial charge in [-0.05, 0) is 25.7 Å². The van der Waals surface area contributed by atoms with Crippen molar-refractivity contribution in [2.45, 2.75) is 65.0 Å². The highest BCUT2D eigenvalue weighted by atomic mass is 15.2. The van der Waals surface area contributed by atoms with E-state index < -0.39 is 0 Å². The Kier molecular flexibility index (Phi) is 5.64. The zero-order valence-corrected chi connectivity index (χ0v) is 11.2. The summed E-state index contributed by atoms with van der Waals surface area (Å²) in [6.45, 7) is 6.75. The van der Waals surface area contributed by atoms with E-state index in [0.29, 0.717) is 12.1 Å². The van der Waals surface area contributed by atoms with Crippen LogP contribution < -0.4 is 10.6 Å². The fourth-order valence-electron chi connectivity index (χ4n) is 1.88. The third-order valence-electron chi connectivity index (χ3n) is 3.28. The molecular weight excluding hydrogens is 198 g/mol. The number of hydrogen-bond acceptors (Lipinski definition) is 1. The maximum absolute atomic E-state index is 4.27. The molecule has 1 rings (SSSR count). The van der Waals surface area contributed by atoms with Crippen LogP contribution in [0.1, 0.15) is 52.9 Å². The molecule has 3 nitrogen and oxygen atoms in total. The minimum absolute atomic E-state index is 0.520. The topological polar surface area (TPSA) is 36.4 Å². The SMILES string of the molecule is CCCCCC(C)NC(=NC)NC1CC1C. The molecule has 1 saturated carbocycles. The zero-order chi connectivity index (χ0) is 12.0. The standard InChI is InChI=1S/C13H27N3/c1-5-6-7-8-11(3)15-13(14-4)16-12-9-10(12)2/h10-12H,5-9H2,1-4H3,(H2,14,15,16). The van der Waals surface area contributed by atoms with E-state index in [9.17, 15) is 0 Å². The van der Waals surface area contributed by atoms with Gasteiger partial charge in [0.05, 0.1) is 0 Å². The lowest BCUT2D eigenvalue weighted by molar-refractivity contribution is 0.545. The van der Waals surface area contributed by atoms with E-state index in [0.717, 1.165) is 11.9 Å². The lowest BCUT2D eigenvalue weighted by Gasteiger charge is -2.17. The van der Waals surface area contributed by atoms with Crippen molar-refractivity contribution in [2.24, 2.45) is 10.9 Å². The van der Waals surface area contributed by atoms with E-state index in [1.165, 1.54) is 32.1 Å².